The van der Waals surface area contributed by atoms with Crippen molar-refractivity contribution in [1.82, 2.24) is 14.9 Å². The predicted octanol–water partition coefficient (Wildman–Crippen LogP) is 1.64. The van der Waals surface area contributed by atoms with Crippen molar-refractivity contribution in [3.8, 4) is 0 Å². The van der Waals surface area contributed by atoms with Gasteiger partial charge in [-0.1, -0.05) is 12.2 Å². The van der Waals surface area contributed by atoms with Gasteiger partial charge in [0, 0.05) is 23.2 Å². The van der Waals surface area contributed by atoms with Crippen molar-refractivity contribution in [2.24, 2.45) is 0 Å². The molecule has 1 aromatic heterocycles. The van der Waals surface area contributed by atoms with E-state index in [0.29, 0.717) is 6.04 Å². The molecule has 92 valence electrons. The minimum atomic E-state index is 0.495. The van der Waals surface area contributed by atoms with Crippen LogP contribution in [-0.4, -0.2) is 46.4 Å². The Morgan fingerprint density at radius 2 is 2.18 bits per heavy atom. The van der Waals surface area contributed by atoms with Crippen molar-refractivity contribution in [3.05, 3.63) is 17.6 Å². The Morgan fingerprint density at radius 1 is 1.47 bits per heavy atom. The number of nitrogens with one attached hydrogen (secondary N) is 1. The van der Waals surface area contributed by atoms with Crippen LogP contribution in [-0.2, 0) is 0 Å². The van der Waals surface area contributed by atoms with Gasteiger partial charge in [-0.05, 0) is 39.9 Å². The number of nitrogens with zero attached hydrogens (tertiary/aromatic N) is 3. The van der Waals surface area contributed by atoms with E-state index >= 15 is 0 Å². The number of rotatable bonds is 3. The molecule has 1 saturated heterocycles. The molecule has 17 heavy (non-hydrogen) atoms. The largest absolute Gasteiger partial charge is 0.367 e. The van der Waals surface area contributed by atoms with Gasteiger partial charge < -0.3 is 10.2 Å². The summed E-state index contributed by atoms with van der Waals surface area (Å²) in [4.78, 5) is 10.9. The van der Waals surface area contributed by atoms with E-state index in [-0.39, 0.29) is 0 Å². The first kappa shape index (κ1) is 12.4. The average Bonchev–Trinajstić information content (AvgIpc) is 2.32. The summed E-state index contributed by atoms with van der Waals surface area (Å²) in [6.45, 7) is 4.16. The fourth-order valence-corrected chi connectivity index (χ4v) is 2.20. The summed E-state index contributed by atoms with van der Waals surface area (Å²) in [6.07, 6.45) is 4.08. The van der Waals surface area contributed by atoms with Gasteiger partial charge >= 0.3 is 0 Å². The topological polar surface area (TPSA) is 41.1 Å². The maximum atomic E-state index is 4.98. The Hall–Kier alpha value is -1.07. The van der Waals surface area contributed by atoms with Crippen LogP contribution in [0.3, 0.4) is 0 Å². The minimum absolute atomic E-state index is 0.495. The zero-order valence-corrected chi connectivity index (χ0v) is 11.1. The Morgan fingerprint density at radius 3 is 2.82 bits per heavy atom. The summed E-state index contributed by atoms with van der Waals surface area (Å²) in [7, 11) is 2.16. The van der Waals surface area contributed by atoms with E-state index in [2.05, 4.69) is 27.2 Å². The average molecular weight is 250 g/mol. The maximum absolute atomic E-state index is 4.98. The first-order valence-electron chi connectivity index (χ1n) is 5.93. The van der Waals surface area contributed by atoms with Gasteiger partial charge in [-0.25, -0.2) is 9.97 Å². The van der Waals surface area contributed by atoms with Crippen molar-refractivity contribution in [2.75, 3.05) is 25.5 Å². The lowest BCUT2D eigenvalue weighted by Crippen LogP contribution is -2.37. The minimum Gasteiger partial charge on any atom is -0.367 e. The Kier molecular flexibility index (Phi) is 4.02. The molecule has 0 amide bonds. The van der Waals surface area contributed by atoms with E-state index in [0.717, 1.165) is 43.1 Å². The van der Waals surface area contributed by atoms with E-state index < -0.39 is 0 Å². The molecule has 0 atom stereocenters. The van der Waals surface area contributed by atoms with Crippen molar-refractivity contribution in [1.29, 1.82) is 0 Å². The molecule has 2 rings (SSSR count). The molecule has 2 heterocycles. The molecule has 4 nitrogen and oxygen atoms in total. The third-order valence-electron chi connectivity index (χ3n) is 3.12. The summed E-state index contributed by atoms with van der Waals surface area (Å²) in [5.74, 6) is 1.66. The molecule has 1 aromatic rings. The van der Waals surface area contributed by atoms with E-state index in [4.69, 9.17) is 12.2 Å². The molecule has 0 aliphatic carbocycles. The number of hydrogen-bond acceptors (Lipinski definition) is 5. The standard InChI is InChI=1S/C12H18N4S/c1-9-13-7-10(8-17)12(14-9)15-11-3-5-16(2)6-4-11/h7-8,11H,3-6H2,1-2H3,(H,13,14,15). The highest BCUT2D eigenvalue weighted by molar-refractivity contribution is 7.79. The van der Waals surface area contributed by atoms with Gasteiger partial charge in [0.05, 0.1) is 0 Å². The van der Waals surface area contributed by atoms with Crippen molar-refractivity contribution in [3.63, 3.8) is 0 Å². The summed E-state index contributed by atoms with van der Waals surface area (Å²) in [5.41, 5.74) is 0.907. The zero-order valence-electron chi connectivity index (χ0n) is 10.3. The van der Waals surface area contributed by atoms with E-state index in [1.807, 2.05) is 6.92 Å². The highest BCUT2D eigenvalue weighted by atomic mass is 32.1. The van der Waals surface area contributed by atoms with Gasteiger partial charge in [0.15, 0.2) is 0 Å². The van der Waals surface area contributed by atoms with Crippen LogP contribution < -0.4 is 5.32 Å². The number of aromatic nitrogens is 2. The van der Waals surface area contributed by atoms with Crippen molar-refractivity contribution < 1.29 is 0 Å². The fraction of sp³-hybridized carbons (Fsp3) is 0.583. The molecule has 0 aromatic carbocycles. The van der Waals surface area contributed by atoms with E-state index in [1.54, 1.807) is 11.6 Å². The second-order valence-corrected chi connectivity index (χ2v) is 4.80. The lowest BCUT2D eigenvalue weighted by molar-refractivity contribution is 0.263. The van der Waals surface area contributed by atoms with Crippen LogP contribution in [0.5, 0.6) is 0 Å². The van der Waals surface area contributed by atoms with Crippen LogP contribution in [0.15, 0.2) is 6.20 Å². The molecular formula is C12H18N4S. The zero-order chi connectivity index (χ0) is 12.3. The van der Waals surface area contributed by atoms with Crippen LogP contribution in [0, 0.1) is 6.92 Å². The number of hydrogen-bond donors (Lipinski definition) is 1. The number of likely N-dealkylation sites (tertiary alicyclic amines) is 1. The van der Waals surface area contributed by atoms with Crippen LogP contribution in [0.4, 0.5) is 5.82 Å². The SMILES string of the molecule is Cc1ncc(C=S)c(NC2CCN(C)CC2)n1. The van der Waals surface area contributed by atoms with Gasteiger partial charge in [-0.2, -0.15) is 0 Å². The number of aryl methyl sites for hydroxylation is 1. The molecule has 1 fully saturated rings. The summed E-state index contributed by atoms with van der Waals surface area (Å²) < 4.78 is 0. The molecule has 0 bridgehead atoms. The third kappa shape index (κ3) is 3.20. The Labute approximate surface area is 107 Å². The monoisotopic (exact) mass is 250 g/mol. The van der Waals surface area contributed by atoms with Crippen LogP contribution in [0.2, 0.25) is 0 Å². The van der Waals surface area contributed by atoms with Crippen LogP contribution >= 0.6 is 12.2 Å². The Bertz CT molecular complexity index is 399. The van der Waals surface area contributed by atoms with Crippen LogP contribution in [0.1, 0.15) is 24.2 Å². The van der Waals surface area contributed by atoms with Gasteiger partial charge in [0.2, 0.25) is 0 Å². The highest BCUT2D eigenvalue weighted by Crippen LogP contribution is 2.16. The number of piperidine rings is 1. The summed E-state index contributed by atoms with van der Waals surface area (Å²) >= 11 is 4.98. The summed E-state index contributed by atoms with van der Waals surface area (Å²) in [5, 5.41) is 5.12. The molecule has 0 saturated carbocycles. The third-order valence-corrected chi connectivity index (χ3v) is 3.38. The molecule has 0 unspecified atom stereocenters. The molecule has 1 N–H and O–H groups in total. The van der Waals surface area contributed by atoms with Crippen molar-refractivity contribution in [2.45, 2.75) is 25.8 Å². The number of thiocarbonyl (C=S) groups is 1. The predicted molar refractivity (Wildman–Crippen MR) is 73.7 cm³/mol. The molecular weight excluding hydrogens is 232 g/mol. The Balaban J connectivity index is 2.07. The van der Waals surface area contributed by atoms with Gasteiger partial charge in [0.25, 0.3) is 0 Å². The van der Waals surface area contributed by atoms with Gasteiger partial charge in [0.1, 0.15) is 11.6 Å². The molecule has 1 aliphatic heterocycles. The van der Waals surface area contributed by atoms with Gasteiger partial charge in [-0.15, -0.1) is 0 Å². The second kappa shape index (κ2) is 5.51. The molecule has 0 radical (unpaired) electrons. The smallest absolute Gasteiger partial charge is 0.138 e. The van der Waals surface area contributed by atoms with Gasteiger partial charge in [-0.3, -0.25) is 0 Å². The normalized spacial score (nSPS) is 18.0. The summed E-state index contributed by atoms with van der Waals surface area (Å²) in [6, 6.07) is 0.495. The lowest BCUT2D eigenvalue weighted by atomic mass is 10.1. The lowest BCUT2D eigenvalue weighted by Gasteiger charge is -2.30. The second-order valence-electron chi connectivity index (χ2n) is 4.56. The van der Waals surface area contributed by atoms with Crippen LogP contribution in [0.25, 0.3) is 0 Å². The molecule has 5 heteroatoms. The number of anilines is 1. The quantitative estimate of drug-likeness (QED) is 0.826. The highest BCUT2D eigenvalue weighted by Gasteiger charge is 2.17. The first-order chi connectivity index (χ1) is 8.19. The fourth-order valence-electron chi connectivity index (χ4n) is 2.03. The maximum Gasteiger partial charge on any atom is 0.138 e. The first-order valence-corrected chi connectivity index (χ1v) is 6.40. The van der Waals surface area contributed by atoms with E-state index in [9.17, 15) is 0 Å². The molecule has 0 spiro atoms. The van der Waals surface area contributed by atoms with E-state index in [1.165, 1.54) is 0 Å². The molecule has 1 aliphatic rings. The van der Waals surface area contributed by atoms with Crippen molar-refractivity contribution >= 4 is 23.4 Å².